The van der Waals surface area contributed by atoms with Crippen molar-refractivity contribution >= 4 is 0 Å². The maximum Gasteiger partial charge on any atom is 0.119 e. The van der Waals surface area contributed by atoms with E-state index in [4.69, 9.17) is 0 Å². The van der Waals surface area contributed by atoms with E-state index in [-0.39, 0.29) is 5.41 Å². The van der Waals surface area contributed by atoms with Crippen molar-refractivity contribution in [2.45, 2.75) is 84.0 Å². The van der Waals surface area contributed by atoms with Gasteiger partial charge in [0.1, 0.15) is 5.75 Å². The van der Waals surface area contributed by atoms with Crippen LogP contribution in [0.4, 0.5) is 0 Å². The summed E-state index contributed by atoms with van der Waals surface area (Å²) in [6.07, 6.45) is 8.77. The van der Waals surface area contributed by atoms with Crippen LogP contribution in [0.5, 0.6) is 5.75 Å². The summed E-state index contributed by atoms with van der Waals surface area (Å²) in [5, 5.41) is 10.5. The molecule has 1 N–H and O–H groups in total. The monoisotopic (exact) mass is 288 g/mol. The highest BCUT2D eigenvalue weighted by molar-refractivity contribution is 5.41. The molecule has 1 aliphatic rings. The molecule has 1 aliphatic carbocycles. The molecule has 2 atom stereocenters. The van der Waals surface area contributed by atoms with E-state index in [9.17, 15) is 5.11 Å². The zero-order valence-electron chi connectivity index (χ0n) is 14.3. The smallest absolute Gasteiger partial charge is 0.119 e. The van der Waals surface area contributed by atoms with Crippen LogP contribution >= 0.6 is 0 Å². The normalized spacial score (nSPS) is 23.2. The van der Waals surface area contributed by atoms with Crippen LogP contribution in [0.1, 0.15) is 89.7 Å². The van der Waals surface area contributed by atoms with Gasteiger partial charge in [0, 0.05) is 0 Å². The molecule has 21 heavy (non-hydrogen) atoms. The van der Waals surface area contributed by atoms with Crippen LogP contribution in [0.25, 0.3) is 0 Å². The van der Waals surface area contributed by atoms with E-state index in [1.807, 2.05) is 6.07 Å². The number of phenols is 1. The average molecular weight is 288 g/mol. The molecule has 1 nitrogen and oxygen atoms in total. The SMILES string of the molecule is CCCCC(C)(C)c1ccc(C2CCCC(C)C2)c(O)c1. The van der Waals surface area contributed by atoms with Gasteiger partial charge in [0.2, 0.25) is 0 Å². The van der Waals surface area contributed by atoms with E-state index in [1.54, 1.807) is 0 Å². The fraction of sp³-hybridized carbons (Fsp3) is 0.700. The zero-order chi connectivity index (χ0) is 15.5. The standard InChI is InChI=1S/C20H32O/c1-5-6-12-20(3,4)17-10-11-18(19(21)14-17)16-9-7-8-15(2)13-16/h10-11,14-16,21H,5-9,12-13H2,1-4H3. The van der Waals surface area contributed by atoms with Crippen LogP contribution in [0.2, 0.25) is 0 Å². The van der Waals surface area contributed by atoms with Crippen LogP contribution < -0.4 is 0 Å². The molecule has 1 aromatic rings. The molecule has 0 radical (unpaired) electrons. The van der Waals surface area contributed by atoms with E-state index in [2.05, 4.69) is 39.8 Å². The Balaban J connectivity index is 2.17. The minimum atomic E-state index is 0.159. The summed E-state index contributed by atoms with van der Waals surface area (Å²) in [6.45, 7) is 9.16. The van der Waals surface area contributed by atoms with Crippen LogP contribution in [-0.2, 0) is 5.41 Å². The van der Waals surface area contributed by atoms with Gasteiger partial charge in [-0.2, -0.15) is 0 Å². The van der Waals surface area contributed by atoms with E-state index in [0.717, 1.165) is 5.92 Å². The van der Waals surface area contributed by atoms with E-state index in [0.29, 0.717) is 11.7 Å². The van der Waals surface area contributed by atoms with Gasteiger partial charge in [-0.05, 0) is 53.7 Å². The Kier molecular flexibility index (Phi) is 5.35. The van der Waals surface area contributed by atoms with Crippen LogP contribution in [0, 0.1) is 5.92 Å². The lowest BCUT2D eigenvalue weighted by Gasteiger charge is -2.29. The Morgan fingerprint density at radius 2 is 2.00 bits per heavy atom. The average Bonchev–Trinajstić information content (AvgIpc) is 2.45. The van der Waals surface area contributed by atoms with Gasteiger partial charge in [-0.1, -0.05) is 65.5 Å². The first-order chi connectivity index (χ1) is 9.94. The predicted octanol–water partition coefficient (Wildman–Crippen LogP) is 6.15. The molecule has 0 bridgehead atoms. The lowest BCUT2D eigenvalue weighted by molar-refractivity contribution is 0.336. The van der Waals surface area contributed by atoms with Crippen molar-refractivity contribution in [2.75, 3.05) is 0 Å². The molecule has 0 spiro atoms. The number of hydrogen-bond acceptors (Lipinski definition) is 1. The Morgan fingerprint density at radius 3 is 2.62 bits per heavy atom. The van der Waals surface area contributed by atoms with Crippen molar-refractivity contribution in [1.82, 2.24) is 0 Å². The summed E-state index contributed by atoms with van der Waals surface area (Å²) in [4.78, 5) is 0. The van der Waals surface area contributed by atoms with Gasteiger partial charge in [-0.15, -0.1) is 0 Å². The van der Waals surface area contributed by atoms with Crippen LogP contribution in [0.3, 0.4) is 0 Å². The third-order valence-corrected chi connectivity index (χ3v) is 5.34. The van der Waals surface area contributed by atoms with Crippen molar-refractivity contribution in [3.63, 3.8) is 0 Å². The Morgan fingerprint density at radius 1 is 1.24 bits per heavy atom. The number of hydrogen-bond donors (Lipinski definition) is 1. The Hall–Kier alpha value is -0.980. The van der Waals surface area contributed by atoms with E-state index >= 15 is 0 Å². The van der Waals surface area contributed by atoms with Gasteiger partial charge in [-0.3, -0.25) is 0 Å². The van der Waals surface area contributed by atoms with Gasteiger partial charge in [0.05, 0.1) is 0 Å². The Labute approximate surface area is 130 Å². The molecule has 2 rings (SSSR count). The molecule has 1 fully saturated rings. The predicted molar refractivity (Wildman–Crippen MR) is 91.0 cm³/mol. The topological polar surface area (TPSA) is 20.2 Å². The summed E-state index contributed by atoms with van der Waals surface area (Å²) in [6, 6.07) is 6.48. The van der Waals surface area contributed by atoms with E-state index in [1.165, 1.54) is 56.1 Å². The molecule has 0 amide bonds. The molecular formula is C20H32O. The number of unbranched alkanes of at least 4 members (excludes halogenated alkanes) is 1. The number of aromatic hydroxyl groups is 1. The van der Waals surface area contributed by atoms with Gasteiger partial charge >= 0.3 is 0 Å². The molecule has 1 aromatic carbocycles. The fourth-order valence-corrected chi connectivity index (χ4v) is 3.79. The molecule has 1 heteroatoms. The summed E-state index contributed by atoms with van der Waals surface area (Å²) < 4.78 is 0. The number of rotatable bonds is 5. The number of phenolic OH excluding ortho intramolecular Hbond substituents is 1. The number of benzene rings is 1. The van der Waals surface area contributed by atoms with Crippen molar-refractivity contribution < 1.29 is 5.11 Å². The molecule has 2 unspecified atom stereocenters. The fourth-order valence-electron chi connectivity index (χ4n) is 3.79. The quantitative estimate of drug-likeness (QED) is 0.688. The second-order valence-electron chi connectivity index (χ2n) is 7.73. The lowest BCUT2D eigenvalue weighted by Crippen LogP contribution is -2.17. The van der Waals surface area contributed by atoms with Crippen molar-refractivity contribution in [1.29, 1.82) is 0 Å². The van der Waals surface area contributed by atoms with Gasteiger partial charge in [0.25, 0.3) is 0 Å². The third kappa shape index (κ3) is 4.02. The molecule has 118 valence electrons. The third-order valence-electron chi connectivity index (χ3n) is 5.34. The second-order valence-corrected chi connectivity index (χ2v) is 7.73. The highest BCUT2D eigenvalue weighted by Gasteiger charge is 2.25. The molecule has 0 aromatic heterocycles. The summed E-state index contributed by atoms with van der Waals surface area (Å²) >= 11 is 0. The minimum Gasteiger partial charge on any atom is -0.508 e. The van der Waals surface area contributed by atoms with Gasteiger partial charge < -0.3 is 5.11 Å². The van der Waals surface area contributed by atoms with Crippen molar-refractivity contribution in [2.24, 2.45) is 5.92 Å². The highest BCUT2D eigenvalue weighted by Crippen LogP contribution is 2.41. The minimum absolute atomic E-state index is 0.159. The second kappa shape index (κ2) is 6.85. The summed E-state index contributed by atoms with van der Waals surface area (Å²) in [5.74, 6) is 1.88. The largest absolute Gasteiger partial charge is 0.508 e. The van der Waals surface area contributed by atoms with Crippen LogP contribution in [0.15, 0.2) is 18.2 Å². The Bertz CT molecular complexity index is 461. The first-order valence-corrected chi connectivity index (χ1v) is 8.77. The van der Waals surface area contributed by atoms with Gasteiger partial charge in [-0.25, -0.2) is 0 Å². The molecule has 0 heterocycles. The maximum atomic E-state index is 10.5. The molecule has 1 saturated carbocycles. The van der Waals surface area contributed by atoms with E-state index < -0.39 is 0 Å². The lowest BCUT2D eigenvalue weighted by atomic mass is 9.76. The molecule has 0 aliphatic heterocycles. The maximum absolute atomic E-state index is 10.5. The van der Waals surface area contributed by atoms with Gasteiger partial charge in [0.15, 0.2) is 0 Å². The zero-order valence-corrected chi connectivity index (χ0v) is 14.3. The molecular weight excluding hydrogens is 256 g/mol. The summed E-state index contributed by atoms with van der Waals surface area (Å²) in [7, 11) is 0. The first kappa shape index (κ1) is 16.4. The first-order valence-electron chi connectivity index (χ1n) is 8.77. The highest BCUT2D eigenvalue weighted by atomic mass is 16.3. The summed E-state index contributed by atoms with van der Waals surface area (Å²) in [5.41, 5.74) is 2.61. The van der Waals surface area contributed by atoms with Crippen molar-refractivity contribution in [3.05, 3.63) is 29.3 Å². The van der Waals surface area contributed by atoms with Crippen LogP contribution in [-0.4, -0.2) is 5.11 Å². The van der Waals surface area contributed by atoms with Crippen molar-refractivity contribution in [3.8, 4) is 5.75 Å². The molecule has 0 saturated heterocycles.